The molecule has 0 aliphatic heterocycles. The highest BCUT2D eigenvalue weighted by Crippen LogP contribution is 2.16. The fourth-order valence-corrected chi connectivity index (χ4v) is 2.83. The lowest BCUT2D eigenvalue weighted by molar-refractivity contribution is -0.118. The Morgan fingerprint density at radius 1 is 1.08 bits per heavy atom. The summed E-state index contributed by atoms with van der Waals surface area (Å²) in [6, 6.07) is 13.8. The number of carbonyl (C=O) groups is 2. The number of methoxy groups -OCH3 is 1. The van der Waals surface area contributed by atoms with Gasteiger partial charge in [-0.05, 0) is 61.8 Å². The van der Waals surface area contributed by atoms with E-state index in [1.807, 2.05) is 25.3 Å². The number of rotatable bonds is 8. The standard InChI is InChI=1S/C20H24N2O3S/c1-14-4-6-15(7-5-14)19(23)22-18(12-13-26-3)20(24)21-16-8-10-17(25-2)11-9-16/h4-11,18H,12-13H2,1-3H3,(H,21,24)(H,22,23)/t18-/m1/s1. The molecule has 0 aliphatic rings. The van der Waals surface area contributed by atoms with Gasteiger partial charge in [-0.25, -0.2) is 0 Å². The van der Waals surface area contributed by atoms with Crippen LogP contribution < -0.4 is 15.4 Å². The SMILES string of the molecule is COc1ccc(NC(=O)[C@@H](CCSC)NC(=O)c2ccc(C)cc2)cc1. The minimum Gasteiger partial charge on any atom is -0.497 e. The van der Waals surface area contributed by atoms with Gasteiger partial charge in [-0.15, -0.1) is 0 Å². The molecule has 2 aromatic rings. The van der Waals surface area contributed by atoms with Crippen LogP contribution in [0, 0.1) is 6.92 Å². The van der Waals surface area contributed by atoms with E-state index in [4.69, 9.17) is 4.74 Å². The van der Waals surface area contributed by atoms with Crippen LogP contribution in [0.4, 0.5) is 5.69 Å². The molecule has 0 aliphatic carbocycles. The van der Waals surface area contributed by atoms with Crippen molar-refractivity contribution in [3.63, 3.8) is 0 Å². The van der Waals surface area contributed by atoms with Gasteiger partial charge < -0.3 is 15.4 Å². The van der Waals surface area contributed by atoms with E-state index < -0.39 is 6.04 Å². The zero-order valence-corrected chi connectivity index (χ0v) is 16.1. The van der Waals surface area contributed by atoms with E-state index in [2.05, 4.69) is 10.6 Å². The summed E-state index contributed by atoms with van der Waals surface area (Å²) in [5, 5.41) is 5.69. The van der Waals surface area contributed by atoms with E-state index in [0.29, 0.717) is 17.7 Å². The summed E-state index contributed by atoms with van der Waals surface area (Å²) in [5.41, 5.74) is 2.29. The van der Waals surface area contributed by atoms with Crippen molar-refractivity contribution in [1.82, 2.24) is 5.32 Å². The minimum atomic E-state index is -0.599. The van der Waals surface area contributed by atoms with Crippen LogP contribution in [0.15, 0.2) is 48.5 Å². The van der Waals surface area contributed by atoms with Crippen molar-refractivity contribution in [3.05, 3.63) is 59.7 Å². The molecule has 0 unspecified atom stereocenters. The van der Waals surface area contributed by atoms with Gasteiger partial charge in [0, 0.05) is 11.3 Å². The quantitative estimate of drug-likeness (QED) is 0.744. The Hall–Kier alpha value is -2.47. The van der Waals surface area contributed by atoms with Crippen molar-refractivity contribution in [1.29, 1.82) is 0 Å². The van der Waals surface area contributed by atoms with Crippen LogP contribution in [0.2, 0.25) is 0 Å². The molecule has 2 aromatic carbocycles. The van der Waals surface area contributed by atoms with E-state index in [0.717, 1.165) is 17.1 Å². The van der Waals surface area contributed by atoms with Crippen molar-refractivity contribution in [2.24, 2.45) is 0 Å². The van der Waals surface area contributed by atoms with Crippen molar-refractivity contribution in [2.45, 2.75) is 19.4 Å². The molecule has 26 heavy (non-hydrogen) atoms. The topological polar surface area (TPSA) is 67.4 Å². The molecular formula is C20H24N2O3S. The third kappa shape index (κ3) is 5.81. The first-order chi connectivity index (χ1) is 12.5. The van der Waals surface area contributed by atoms with E-state index in [-0.39, 0.29) is 11.8 Å². The summed E-state index contributed by atoms with van der Waals surface area (Å²) in [6.45, 7) is 1.96. The molecule has 0 radical (unpaired) electrons. The summed E-state index contributed by atoms with van der Waals surface area (Å²) < 4.78 is 5.11. The third-order valence-corrected chi connectivity index (χ3v) is 4.55. The number of nitrogens with one attached hydrogen (secondary N) is 2. The van der Waals surface area contributed by atoms with E-state index >= 15 is 0 Å². The van der Waals surface area contributed by atoms with Crippen molar-refractivity contribution in [2.75, 3.05) is 24.4 Å². The van der Waals surface area contributed by atoms with Gasteiger partial charge in [-0.1, -0.05) is 17.7 Å². The molecule has 6 heteroatoms. The molecule has 2 N–H and O–H groups in total. The molecule has 0 aromatic heterocycles. The zero-order valence-electron chi connectivity index (χ0n) is 15.2. The first kappa shape index (κ1) is 19.8. The maximum Gasteiger partial charge on any atom is 0.251 e. The monoisotopic (exact) mass is 372 g/mol. The lowest BCUT2D eigenvalue weighted by atomic mass is 10.1. The van der Waals surface area contributed by atoms with Crippen LogP contribution in [0.3, 0.4) is 0 Å². The number of carbonyl (C=O) groups excluding carboxylic acids is 2. The Kier molecular flexibility index (Phi) is 7.53. The Morgan fingerprint density at radius 2 is 1.73 bits per heavy atom. The molecule has 5 nitrogen and oxygen atoms in total. The number of anilines is 1. The molecule has 0 fully saturated rings. The van der Waals surface area contributed by atoms with Crippen LogP contribution in [0.1, 0.15) is 22.3 Å². The second-order valence-electron chi connectivity index (χ2n) is 5.89. The fourth-order valence-electron chi connectivity index (χ4n) is 2.35. The largest absolute Gasteiger partial charge is 0.497 e. The van der Waals surface area contributed by atoms with Crippen LogP contribution in [0.25, 0.3) is 0 Å². The van der Waals surface area contributed by atoms with E-state index in [9.17, 15) is 9.59 Å². The number of benzene rings is 2. The molecule has 0 heterocycles. The van der Waals surface area contributed by atoms with Gasteiger partial charge in [-0.2, -0.15) is 11.8 Å². The molecule has 2 rings (SSSR count). The zero-order chi connectivity index (χ0) is 18.9. The van der Waals surface area contributed by atoms with Crippen LogP contribution in [-0.2, 0) is 4.79 Å². The van der Waals surface area contributed by atoms with Crippen molar-refractivity contribution < 1.29 is 14.3 Å². The van der Waals surface area contributed by atoms with Crippen LogP contribution in [0.5, 0.6) is 5.75 Å². The summed E-state index contributed by atoms with van der Waals surface area (Å²) in [5.74, 6) is 1.01. The normalized spacial score (nSPS) is 11.5. The van der Waals surface area contributed by atoms with Gasteiger partial charge in [0.2, 0.25) is 5.91 Å². The highest BCUT2D eigenvalue weighted by molar-refractivity contribution is 7.98. The van der Waals surface area contributed by atoms with E-state index in [1.54, 1.807) is 55.3 Å². The average molecular weight is 372 g/mol. The Bertz CT molecular complexity index is 730. The Morgan fingerprint density at radius 3 is 2.31 bits per heavy atom. The molecule has 1 atom stereocenters. The number of amides is 2. The molecule has 0 saturated carbocycles. The second-order valence-corrected chi connectivity index (χ2v) is 6.88. The molecule has 0 spiro atoms. The molecule has 138 valence electrons. The summed E-state index contributed by atoms with van der Waals surface area (Å²) >= 11 is 1.64. The highest BCUT2D eigenvalue weighted by atomic mass is 32.2. The summed E-state index contributed by atoms with van der Waals surface area (Å²) in [7, 11) is 1.59. The minimum absolute atomic E-state index is 0.232. The first-order valence-corrected chi connectivity index (χ1v) is 9.74. The maximum absolute atomic E-state index is 12.6. The van der Waals surface area contributed by atoms with E-state index in [1.165, 1.54) is 0 Å². The number of ether oxygens (including phenoxy) is 1. The van der Waals surface area contributed by atoms with Gasteiger partial charge in [0.25, 0.3) is 5.91 Å². The molecule has 0 bridgehead atoms. The number of thioether (sulfide) groups is 1. The van der Waals surface area contributed by atoms with Crippen LogP contribution in [-0.4, -0.2) is 37.0 Å². The maximum atomic E-state index is 12.6. The van der Waals surface area contributed by atoms with Crippen LogP contribution >= 0.6 is 11.8 Å². The number of aryl methyl sites for hydroxylation is 1. The van der Waals surface area contributed by atoms with Gasteiger partial charge in [-0.3, -0.25) is 9.59 Å². The number of hydrogen-bond acceptors (Lipinski definition) is 4. The predicted octanol–water partition coefficient (Wildman–Crippen LogP) is 3.49. The van der Waals surface area contributed by atoms with Gasteiger partial charge in [0.1, 0.15) is 11.8 Å². The van der Waals surface area contributed by atoms with Crippen molar-refractivity contribution >= 4 is 29.3 Å². The molecule has 2 amide bonds. The predicted molar refractivity (Wildman–Crippen MR) is 107 cm³/mol. The van der Waals surface area contributed by atoms with Gasteiger partial charge in [0.15, 0.2) is 0 Å². The fraction of sp³-hybridized carbons (Fsp3) is 0.300. The van der Waals surface area contributed by atoms with Crippen molar-refractivity contribution in [3.8, 4) is 5.75 Å². The molecule has 0 saturated heterocycles. The summed E-state index contributed by atoms with van der Waals surface area (Å²) in [6.07, 6.45) is 2.53. The highest BCUT2D eigenvalue weighted by Gasteiger charge is 2.21. The molecular weight excluding hydrogens is 348 g/mol. The number of hydrogen-bond donors (Lipinski definition) is 2. The summed E-state index contributed by atoms with van der Waals surface area (Å²) in [4.78, 5) is 25.1. The average Bonchev–Trinajstić information content (AvgIpc) is 2.66. The Labute approximate surface area is 158 Å². The van der Waals surface area contributed by atoms with Gasteiger partial charge >= 0.3 is 0 Å². The third-order valence-electron chi connectivity index (χ3n) is 3.90. The smallest absolute Gasteiger partial charge is 0.251 e. The van der Waals surface area contributed by atoms with Gasteiger partial charge in [0.05, 0.1) is 7.11 Å². The second kappa shape index (κ2) is 9.87. The lowest BCUT2D eigenvalue weighted by Gasteiger charge is -2.18. The first-order valence-electron chi connectivity index (χ1n) is 8.35. The Balaban J connectivity index is 2.05. The lowest BCUT2D eigenvalue weighted by Crippen LogP contribution is -2.44.